The molecular weight excluding hydrogens is 598 g/mol. The molecule has 4 rings (SSSR count). The minimum absolute atomic E-state index is 0.0704. The number of hydrogen-bond acceptors (Lipinski definition) is 5. The van der Waals surface area contributed by atoms with Crippen LogP contribution in [0.3, 0.4) is 0 Å². The van der Waals surface area contributed by atoms with Gasteiger partial charge in [-0.3, -0.25) is 9.69 Å². The average molecular weight is 623 g/mol. The smallest absolute Gasteiger partial charge is 0.475 e. The third-order valence-electron chi connectivity index (χ3n) is 5.66. The van der Waals surface area contributed by atoms with Crippen molar-refractivity contribution in [2.24, 2.45) is 7.05 Å². The highest BCUT2D eigenvalue weighted by atomic mass is 35.5. The van der Waals surface area contributed by atoms with E-state index in [4.69, 9.17) is 31.4 Å². The van der Waals surface area contributed by atoms with Crippen LogP contribution in [0.25, 0.3) is 11.4 Å². The number of alkyl halides is 6. The van der Waals surface area contributed by atoms with Crippen LogP contribution < -0.4 is 0 Å². The number of carbonyl (C=O) groups excluding carboxylic acids is 1. The first-order valence-corrected chi connectivity index (χ1v) is 12.3. The van der Waals surface area contributed by atoms with Crippen LogP contribution in [0.4, 0.5) is 26.3 Å². The van der Waals surface area contributed by atoms with Gasteiger partial charge in [-0.1, -0.05) is 41.9 Å². The van der Waals surface area contributed by atoms with Crippen molar-refractivity contribution in [1.82, 2.24) is 19.4 Å². The highest BCUT2D eigenvalue weighted by molar-refractivity contribution is 6.30. The molecule has 0 atom stereocenters. The van der Waals surface area contributed by atoms with E-state index in [0.717, 1.165) is 36.0 Å². The largest absolute Gasteiger partial charge is 0.490 e. The molecule has 1 fully saturated rings. The van der Waals surface area contributed by atoms with Gasteiger partial charge in [0.05, 0.1) is 5.56 Å². The summed E-state index contributed by atoms with van der Waals surface area (Å²) in [5.41, 5.74) is 2.79. The maximum Gasteiger partial charge on any atom is 0.490 e. The molecule has 0 aliphatic carbocycles. The van der Waals surface area contributed by atoms with Crippen LogP contribution in [0.5, 0.6) is 0 Å². The van der Waals surface area contributed by atoms with Gasteiger partial charge < -0.3 is 19.7 Å². The van der Waals surface area contributed by atoms with Crippen LogP contribution in [-0.4, -0.2) is 85.9 Å². The van der Waals surface area contributed by atoms with Gasteiger partial charge in [0.2, 0.25) is 0 Å². The first-order valence-electron chi connectivity index (χ1n) is 11.9. The summed E-state index contributed by atoms with van der Waals surface area (Å²) in [4.78, 5) is 39.7. The molecule has 1 aliphatic heterocycles. The molecule has 2 heterocycles. The van der Waals surface area contributed by atoms with E-state index < -0.39 is 24.3 Å². The molecule has 9 nitrogen and oxygen atoms in total. The summed E-state index contributed by atoms with van der Waals surface area (Å²) < 4.78 is 65.4. The fourth-order valence-electron chi connectivity index (χ4n) is 3.66. The Morgan fingerprint density at radius 2 is 1.43 bits per heavy atom. The van der Waals surface area contributed by atoms with E-state index in [1.54, 1.807) is 6.20 Å². The van der Waals surface area contributed by atoms with Crippen LogP contribution in [-0.2, 0) is 23.2 Å². The molecule has 3 aromatic rings. The van der Waals surface area contributed by atoms with Crippen molar-refractivity contribution in [2.75, 3.05) is 26.2 Å². The van der Waals surface area contributed by atoms with Crippen molar-refractivity contribution in [3.8, 4) is 11.4 Å². The zero-order valence-electron chi connectivity index (χ0n) is 21.9. The molecule has 228 valence electrons. The fourth-order valence-corrected chi connectivity index (χ4v) is 3.88. The number of amides is 1. The van der Waals surface area contributed by atoms with E-state index in [-0.39, 0.29) is 5.91 Å². The molecule has 16 heteroatoms. The monoisotopic (exact) mass is 622 g/mol. The number of aliphatic carboxylic acids is 2. The predicted molar refractivity (Wildman–Crippen MR) is 139 cm³/mol. The van der Waals surface area contributed by atoms with Crippen molar-refractivity contribution < 1.29 is 50.9 Å². The van der Waals surface area contributed by atoms with Gasteiger partial charge in [-0.25, -0.2) is 14.6 Å². The molecule has 2 N–H and O–H groups in total. The minimum Gasteiger partial charge on any atom is -0.475 e. The van der Waals surface area contributed by atoms with Gasteiger partial charge in [-0.15, -0.1) is 0 Å². The Labute approximate surface area is 240 Å². The Bertz CT molecular complexity index is 1350. The summed E-state index contributed by atoms with van der Waals surface area (Å²) in [6.07, 6.45) is -6.52. The van der Waals surface area contributed by atoms with E-state index >= 15 is 0 Å². The Morgan fingerprint density at radius 3 is 1.90 bits per heavy atom. The van der Waals surface area contributed by atoms with E-state index in [2.05, 4.69) is 16.0 Å². The van der Waals surface area contributed by atoms with Crippen molar-refractivity contribution in [1.29, 1.82) is 0 Å². The van der Waals surface area contributed by atoms with Gasteiger partial charge in [-0.2, -0.15) is 26.3 Å². The Kier molecular flexibility index (Phi) is 11.9. The van der Waals surface area contributed by atoms with E-state index in [1.807, 2.05) is 65.2 Å². The Balaban J connectivity index is 0.000000367. The van der Waals surface area contributed by atoms with Gasteiger partial charge in [0.15, 0.2) is 0 Å². The van der Waals surface area contributed by atoms with E-state index in [9.17, 15) is 31.1 Å². The third kappa shape index (κ3) is 10.4. The van der Waals surface area contributed by atoms with Crippen molar-refractivity contribution in [2.45, 2.75) is 18.9 Å². The summed E-state index contributed by atoms with van der Waals surface area (Å²) in [6, 6.07) is 15.7. The molecule has 42 heavy (non-hydrogen) atoms. The lowest BCUT2D eigenvalue weighted by Gasteiger charge is -2.35. The second-order valence-electron chi connectivity index (χ2n) is 8.71. The van der Waals surface area contributed by atoms with Gasteiger partial charge in [-0.05, 0) is 23.8 Å². The summed E-state index contributed by atoms with van der Waals surface area (Å²) in [7, 11) is 1.94. The highest BCUT2D eigenvalue weighted by Gasteiger charge is 2.38. The summed E-state index contributed by atoms with van der Waals surface area (Å²) in [5.74, 6) is -4.63. The molecule has 0 radical (unpaired) electrons. The maximum absolute atomic E-state index is 13.2. The lowest BCUT2D eigenvalue weighted by Crippen LogP contribution is -2.48. The Morgan fingerprint density at radius 1 is 0.881 bits per heavy atom. The Hall–Kier alpha value is -4.11. The number of hydrogen-bond donors (Lipinski definition) is 2. The lowest BCUT2D eigenvalue weighted by atomic mass is 10.0. The number of piperazine rings is 1. The molecule has 0 spiro atoms. The summed E-state index contributed by atoms with van der Waals surface area (Å²) >= 11 is 6.09. The number of halogens is 7. The first kappa shape index (κ1) is 34.1. The number of benzene rings is 2. The van der Waals surface area contributed by atoms with Gasteiger partial charge >= 0.3 is 24.3 Å². The maximum atomic E-state index is 13.2. The van der Waals surface area contributed by atoms with Gasteiger partial charge in [0, 0.05) is 62.8 Å². The van der Waals surface area contributed by atoms with Gasteiger partial charge in [0.25, 0.3) is 5.91 Å². The second-order valence-corrected chi connectivity index (χ2v) is 9.15. The molecular formula is C26H25ClF6N4O5. The zero-order valence-corrected chi connectivity index (χ0v) is 22.6. The summed E-state index contributed by atoms with van der Waals surface area (Å²) in [6.45, 7) is 3.99. The molecule has 1 saturated heterocycles. The highest BCUT2D eigenvalue weighted by Crippen LogP contribution is 2.24. The SMILES string of the molecule is Cn1ccnc1-c1ccccc1C(=O)N1CCN(Cc2cccc(Cl)c2)CC1.O=C(O)C(F)(F)F.O=C(O)C(F)(F)F. The number of carbonyl (C=O) groups is 3. The number of imidazole rings is 1. The molecule has 0 saturated carbocycles. The number of rotatable bonds is 4. The second kappa shape index (κ2) is 14.7. The van der Waals surface area contributed by atoms with Crippen LogP contribution in [0.2, 0.25) is 5.02 Å². The summed E-state index contributed by atoms with van der Waals surface area (Å²) in [5, 5.41) is 15.0. The number of nitrogens with zero attached hydrogens (tertiary/aromatic N) is 4. The molecule has 2 aromatic carbocycles. The standard InChI is InChI=1S/C22H23ClN4O.2C2HF3O2/c1-25-10-9-24-21(25)19-7-2-3-8-20(19)22(28)27-13-11-26(12-14-27)16-17-5-4-6-18(23)15-17;2*3-2(4,5)1(6)7/h2-10,15H,11-14,16H2,1H3;2*(H,6,7). The lowest BCUT2D eigenvalue weighted by molar-refractivity contribution is -0.193. The number of carboxylic acids is 2. The quantitative estimate of drug-likeness (QED) is 0.395. The normalized spacial score (nSPS) is 13.8. The molecule has 0 unspecified atom stereocenters. The van der Waals surface area contributed by atoms with E-state index in [0.29, 0.717) is 18.7 Å². The molecule has 1 aromatic heterocycles. The van der Waals surface area contributed by atoms with Crippen LogP contribution in [0.1, 0.15) is 15.9 Å². The van der Waals surface area contributed by atoms with E-state index in [1.165, 1.54) is 5.56 Å². The first-order chi connectivity index (χ1) is 19.5. The molecule has 1 amide bonds. The van der Waals surface area contributed by atoms with Crippen molar-refractivity contribution in [3.63, 3.8) is 0 Å². The number of aryl methyl sites for hydroxylation is 1. The zero-order chi connectivity index (χ0) is 31.7. The van der Waals surface area contributed by atoms with Crippen LogP contribution >= 0.6 is 11.6 Å². The van der Waals surface area contributed by atoms with Crippen LogP contribution in [0, 0.1) is 0 Å². The molecule has 1 aliphatic rings. The van der Waals surface area contributed by atoms with Gasteiger partial charge in [0.1, 0.15) is 5.82 Å². The van der Waals surface area contributed by atoms with Crippen molar-refractivity contribution >= 4 is 29.4 Å². The molecule has 0 bridgehead atoms. The number of aromatic nitrogens is 2. The minimum atomic E-state index is -5.08. The predicted octanol–water partition coefficient (Wildman–Crippen LogP) is 4.97. The average Bonchev–Trinajstić information content (AvgIpc) is 3.34. The van der Waals surface area contributed by atoms with Crippen molar-refractivity contribution in [3.05, 3.63) is 77.1 Å². The topological polar surface area (TPSA) is 116 Å². The third-order valence-corrected chi connectivity index (χ3v) is 5.89. The fraction of sp³-hybridized carbons (Fsp3) is 0.308. The van der Waals surface area contributed by atoms with Crippen LogP contribution in [0.15, 0.2) is 60.9 Å². The number of carboxylic acid groups (broad SMARTS) is 2.